The van der Waals surface area contributed by atoms with Crippen molar-refractivity contribution in [3.05, 3.63) is 56.5 Å². The number of hydrogen-bond acceptors (Lipinski definition) is 6. The van der Waals surface area contributed by atoms with Gasteiger partial charge in [-0.1, -0.05) is 13.8 Å². The summed E-state index contributed by atoms with van der Waals surface area (Å²) in [5.41, 5.74) is 0.0297. The molecule has 5 aromatic rings. The molecular weight excluding hydrogens is 505 g/mol. The second-order valence-electron chi connectivity index (χ2n) is 8.87. The van der Waals surface area contributed by atoms with E-state index in [0.29, 0.717) is 48.8 Å². The lowest BCUT2D eigenvalue weighted by Gasteiger charge is -2.09. The van der Waals surface area contributed by atoms with Gasteiger partial charge in [0.2, 0.25) is 5.88 Å². The molecule has 0 radical (unpaired) electrons. The van der Waals surface area contributed by atoms with Crippen molar-refractivity contribution in [1.29, 1.82) is 0 Å². The molecule has 0 bridgehead atoms. The molecule has 200 valence electrons. The Hall–Kier alpha value is -4.36. The van der Waals surface area contributed by atoms with E-state index in [9.17, 15) is 22.8 Å². The Kier molecular flexibility index (Phi) is 6.33. The molecule has 0 saturated heterocycles. The van der Waals surface area contributed by atoms with Crippen LogP contribution in [0.25, 0.3) is 33.7 Å². The third-order valence-electron chi connectivity index (χ3n) is 6.07. The molecular formula is C24H25F3N8O3. The fourth-order valence-electron chi connectivity index (χ4n) is 4.32. The maximum absolute atomic E-state index is 13.0. The minimum absolute atomic E-state index is 0.0651. The van der Waals surface area contributed by atoms with Crippen LogP contribution in [0.15, 0.2) is 33.9 Å². The number of aromatic nitrogens is 8. The molecule has 11 nitrogen and oxygen atoms in total. The lowest BCUT2D eigenvalue weighted by Crippen LogP contribution is -2.40. The summed E-state index contributed by atoms with van der Waals surface area (Å²) in [6.45, 7) is 4.47. The van der Waals surface area contributed by atoms with E-state index >= 15 is 0 Å². The monoisotopic (exact) mass is 530 g/mol. The molecule has 4 aromatic heterocycles. The summed E-state index contributed by atoms with van der Waals surface area (Å²) in [6, 6.07) is 4.88. The molecule has 5 rings (SSSR count). The van der Waals surface area contributed by atoms with E-state index in [1.54, 1.807) is 13.1 Å². The molecule has 14 heteroatoms. The number of nitrogens with zero attached hydrogens (tertiary/aromatic N) is 6. The summed E-state index contributed by atoms with van der Waals surface area (Å²) >= 11 is 0. The zero-order valence-electron chi connectivity index (χ0n) is 20.9. The molecule has 0 aliphatic carbocycles. The van der Waals surface area contributed by atoms with Crippen LogP contribution in [0.2, 0.25) is 0 Å². The fraction of sp³-hybridized carbons (Fsp3) is 0.375. The van der Waals surface area contributed by atoms with Crippen molar-refractivity contribution in [1.82, 2.24) is 38.9 Å². The summed E-state index contributed by atoms with van der Waals surface area (Å²) in [5, 5.41) is 4.31. The molecule has 0 unspecified atom stereocenters. The molecule has 0 spiro atoms. The number of ether oxygens (including phenoxy) is 1. The number of imidazole rings is 2. The number of benzene rings is 1. The van der Waals surface area contributed by atoms with Gasteiger partial charge < -0.3 is 14.7 Å². The van der Waals surface area contributed by atoms with E-state index in [1.807, 2.05) is 13.8 Å². The van der Waals surface area contributed by atoms with E-state index in [0.717, 1.165) is 12.1 Å². The van der Waals surface area contributed by atoms with Crippen LogP contribution in [0.5, 0.6) is 5.88 Å². The van der Waals surface area contributed by atoms with Gasteiger partial charge in [-0.3, -0.25) is 18.6 Å². The molecule has 0 aliphatic heterocycles. The van der Waals surface area contributed by atoms with Crippen LogP contribution in [-0.2, 0) is 32.9 Å². The minimum atomic E-state index is -4.45. The van der Waals surface area contributed by atoms with Gasteiger partial charge in [0, 0.05) is 26.2 Å². The van der Waals surface area contributed by atoms with E-state index in [2.05, 4.69) is 25.0 Å². The highest BCUT2D eigenvalue weighted by Gasteiger charge is 2.30. The number of aryl methyl sites for hydroxylation is 2. The van der Waals surface area contributed by atoms with Gasteiger partial charge in [0.25, 0.3) is 5.56 Å². The third kappa shape index (κ3) is 4.46. The summed E-state index contributed by atoms with van der Waals surface area (Å²) < 4.78 is 48.9. The highest BCUT2D eigenvalue weighted by Crippen LogP contribution is 2.31. The van der Waals surface area contributed by atoms with Crippen LogP contribution in [0.3, 0.4) is 0 Å². The van der Waals surface area contributed by atoms with Crippen LogP contribution in [-0.4, -0.2) is 38.9 Å². The topological polar surface area (TPSA) is 128 Å². The van der Waals surface area contributed by atoms with Gasteiger partial charge in [-0.2, -0.15) is 13.2 Å². The summed E-state index contributed by atoms with van der Waals surface area (Å²) in [4.78, 5) is 40.6. The van der Waals surface area contributed by atoms with Crippen molar-refractivity contribution in [3.63, 3.8) is 0 Å². The molecule has 0 fully saturated rings. The van der Waals surface area contributed by atoms with Crippen molar-refractivity contribution in [2.24, 2.45) is 7.05 Å². The van der Waals surface area contributed by atoms with E-state index in [1.165, 1.54) is 19.9 Å². The Balaban J connectivity index is 1.44. The highest BCUT2D eigenvalue weighted by atomic mass is 19.4. The highest BCUT2D eigenvalue weighted by molar-refractivity contribution is 5.76. The molecule has 4 heterocycles. The number of nitrogens with one attached hydrogen (secondary N) is 2. The molecule has 0 amide bonds. The maximum atomic E-state index is 13.0. The van der Waals surface area contributed by atoms with Gasteiger partial charge in [0.1, 0.15) is 23.6 Å². The molecule has 38 heavy (non-hydrogen) atoms. The number of aromatic amines is 2. The SMILES string of the molecule is CCCn1c(=O)c2[nH]c(-c3cc(OCc4nc5ccc(C(F)(F)F)cc5[nH]4)nn3C)nc2n(CCC)c1=O. The zero-order valence-corrected chi connectivity index (χ0v) is 20.9. The zero-order chi connectivity index (χ0) is 27.2. The predicted octanol–water partition coefficient (Wildman–Crippen LogP) is 3.58. The third-order valence-corrected chi connectivity index (χ3v) is 6.07. The van der Waals surface area contributed by atoms with E-state index in [4.69, 9.17) is 4.74 Å². The number of fused-ring (bicyclic) bond motifs is 2. The second-order valence-corrected chi connectivity index (χ2v) is 8.87. The van der Waals surface area contributed by atoms with E-state index in [-0.39, 0.29) is 29.2 Å². The quantitative estimate of drug-likeness (QED) is 0.316. The van der Waals surface area contributed by atoms with Crippen molar-refractivity contribution in [3.8, 4) is 17.4 Å². The number of halogens is 3. The Morgan fingerprint density at radius 2 is 1.74 bits per heavy atom. The van der Waals surface area contributed by atoms with Gasteiger partial charge in [-0.15, -0.1) is 5.10 Å². The van der Waals surface area contributed by atoms with Crippen molar-refractivity contribution < 1.29 is 17.9 Å². The van der Waals surface area contributed by atoms with Gasteiger partial charge in [-0.05, 0) is 31.0 Å². The number of alkyl halides is 3. The first kappa shape index (κ1) is 25.3. The first-order chi connectivity index (χ1) is 18.1. The molecule has 2 N–H and O–H groups in total. The smallest absolute Gasteiger partial charge is 0.416 e. The first-order valence-electron chi connectivity index (χ1n) is 12.1. The predicted molar refractivity (Wildman–Crippen MR) is 133 cm³/mol. The van der Waals surface area contributed by atoms with Crippen molar-refractivity contribution in [2.45, 2.75) is 52.6 Å². The first-order valence-corrected chi connectivity index (χ1v) is 12.1. The molecule has 0 saturated carbocycles. The Morgan fingerprint density at radius 1 is 1.00 bits per heavy atom. The molecule has 1 aromatic carbocycles. The maximum Gasteiger partial charge on any atom is 0.416 e. The number of rotatable bonds is 8. The Bertz CT molecular complexity index is 1760. The van der Waals surface area contributed by atoms with Crippen molar-refractivity contribution >= 4 is 22.2 Å². The van der Waals surface area contributed by atoms with Gasteiger partial charge in [0.05, 0.1) is 16.6 Å². The summed E-state index contributed by atoms with van der Waals surface area (Å²) in [5.74, 6) is 0.882. The number of H-pyrrole nitrogens is 2. The van der Waals surface area contributed by atoms with Crippen LogP contribution in [0.4, 0.5) is 13.2 Å². The normalized spacial score (nSPS) is 12.2. The Labute approximate surface area is 212 Å². The largest absolute Gasteiger partial charge is 0.468 e. The fourth-order valence-corrected chi connectivity index (χ4v) is 4.32. The summed E-state index contributed by atoms with van der Waals surface area (Å²) in [6.07, 6.45) is -3.14. The van der Waals surface area contributed by atoms with Gasteiger partial charge in [0.15, 0.2) is 11.5 Å². The van der Waals surface area contributed by atoms with Crippen LogP contribution in [0, 0.1) is 0 Å². The van der Waals surface area contributed by atoms with Crippen LogP contribution >= 0.6 is 0 Å². The number of hydrogen-bond donors (Lipinski definition) is 2. The average Bonchev–Trinajstić information content (AvgIpc) is 3.58. The lowest BCUT2D eigenvalue weighted by atomic mass is 10.2. The van der Waals surface area contributed by atoms with Gasteiger partial charge >= 0.3 is 11.9 Å². The van der Waals surface area contributed by atoms with E-state index < -0.39 is 23.0 Å². The lowest BCUT2D eigenvalue weighted by molar-refractivity contribution is -0.137. The van der Waals surface area contributed by atoms with Crippen molar-refractivity contribution in [2.75, 3.05) is 0 Å². The van der Waals surface area contributed by atoms with Crippen LogP contribution in [0.1, 0.15) is 38.1 Å². The second kappa shape index (κ2) is 9.50. The summed E-state index contributed by atoms with van der Waals surface area (Å²) in [7, 11) is 1.67. The molecule has 0 aliphatic rings. The minimum Gasteiger partial charge on any atom is -0.468 e. The standard InChI is InChI=1S/C24H25F3N8O3/c1-4-8-34-21-19(22(36)35(9-5-2)23(34)37)30-20(31-21)16-11-18(32-33(16)3)38-12-17-28-14-7-6-13(24(25,26)27)10-15(14)29-17/h6-7,10-11H,4-5,8-9,12H2,1-3H3,(H,28,29)(H,30,31). The van der Waals surface area contributed by atoms with Crippen LogP contribution < -0.4 is 16.0 Å². The Morgan fingerprint density at radius 3 is 2.45 bits per heavy atom. The average molecular weight is 531 g/mol. The molecule has 0 atom stereocenters. The van der Waals surface area contributed by atoms with Gasteiger partial charge in [-0.25, -0.2) is 14.8 Å².